The van der Waals surface area contributed by atoms with Crippen molar-refractivity contribution in [1.82, 2.24) is 10.3 Å². The minimum absolute atomic E-state index is 0.0919. The largest absolute Gasteiger partial charge is 0.493 e. The van der Waals surface area contributed by atoms with Crippen LogP contribution in [0.25, 0.3) is 0 Å². The van der Waals surface area contributed by atoms with Crippen molar-refractivity contribution >= 4 is 22.4 Å². The lowest BCUT2D eigenvalue weighted by atomic mass is 9.81. The molecule has 0 saturated heterocycles. The molecule has 1 unspecified atom stereocenters. The number of hydrogen-bond acceptors (Lipinski definition) is 6. The summed E-state index contributed by atoms with van der Waals surface area (Å²) in [4.78, 5) is 16.9. The number of nitrogens with one attached hydrogen (secondary N) is 2. The van der Waals surface area contributed by atoms with Crippen molar-refractivity contribution in [3.8, 4) is 11.5 Å². The standard InChI is InChI=1S/C25H29N3O3S.2C2H6/c1-5-7-9-19(10-8-6-2)31-22-16-20-18(15-21(22)30-4)11-12-27-25(20,3)17-23(29)28-24-26-13-14-32-24;2*1-2/h5-7,9-10,13-16,27H,11-12,17H2,1-4H3,(H,26,28,29);2*1-2H3/b7-5-,19-9+;;. The SMILES string of the molecule is CC.CC.CC=C=C/C(=C\C=C/C)Oc1cc2c(cc1OC)CCNC2(C)CC(=O)Nc1nccs1. The molecule has 6 nitrogen and oxygen atoms in total. The molecule has 1 aromatic carbocycles. The van der Waals surface area contributed by atoms with Crippen LogP contribution < -0.4 is 20.1 Å². The molecule has 2 aromatic rings. The lowest BCUT2D eigenvalue weighted by molar-refractivity contribution is -0.117. The molecule has 1 aliphatic heterocycles. The minimum atomic E-state index is -0.550. The molecular weight excluding hydrogens is 470 g/mol. The summed E-state index contributed by atoms with van der Waals surface area (Å²) in [6, 6.07) is 3.99. The highest BCUT2D eigenvalue weighted by atomic mass is 32.1. The van der Waals surface area contributed by atoms with Crippen molar-refractivity contribution < 1.29 is 14.3 Å². The van der Waals surface area contributed by atoms with Crippen LogP contribution in [0.1, 0.15) is 66.0 Å². The molecule has 0 fully saturated rings. The number of hydrogen-bond donors (Lipinski definition) is 2. The number of ether oxygens (including phenoxy) is 2. The maximum Gasteiger partial charge on any atom is 0.228 e. The normalized spacial score (nSPS) is 16.3. The quantitative estimate of drug-likeness (QED) is 0.223. The minimum Gasteiger partial charge on any atom is -0.493 e. The Morgan fingerprint density at radius 1 is 1.25 bits per heavy atom. The van der Waals surface area contributed by atoms with Crippen LogP contribution in [0.5, 0.6) is 11.5 Å². The van der Waals surface area contributed by atoms with Gasteiger partial charge < -0.3 is 20.1 Å². The van der Waals surface area contributed by atoms with Crippen LogP contribution in [-0.4, -0.2) is 24.5 Å². The van der Waals surface area contributed by atoms with Crippen molar-refractivity contribution in [3.05, 3.63) is 76.7 Å². The van der Waals surface area contributed by atoms with Gasteiger partial charge in [-0.2, -0.15) is 0 Å². The summed E-state index contributed by atoms with van der Waals surface area (Å²) in [5.74, 6) is 1.78. The number of methoxy groups -OCH3 is 1. The molecule has 36 heavy (non-hydrogen) atoms. The maximum atomic E-state index is 12.7. The van der Waals surface area contributed by atoms with Gasteiger partial charge in [-0.05, 0) is 62.6 Å². The number of anilines is 1. The molecular formula is C29H41N3O3S. The fourth-order valence-corrected chi connectivity index (χ4v) is 4.20. The molecule has 1 aliphatic rings. The fraction of sp³-hybridized carbons (Fsp3) is 0.414. The molecule has 0 radical (unpaired) electrons. The lowest BCUT2D eigenvalue weighted by Gasteiger charge is -2.37. The van der Waals surface area contributed by atoms with Crippen LogP contribution >= 0.6 is 11.3 Å². The maximum absolute atomic E-state index is 12.7. The Balaban J connectivity index is 0.00000154. The third-order valence-electron chi connectivity index (χ3n) is 5.16. The summed E-state index contributed by atoms with van der Waals surface area (Å²) in [5, 5.41) is 8.84. The van der Waals surface area contributed by atoms with Gasteiger partial charge in [-0.25, -0.2) is 4.98 Å². The Labute approximate surface area is 220 Å². The molecule has 0 spiro atoms. The van der Waals surface area contributed by atoms with E-state index in [0.29, 0.717) is 22.4 Å². The Morgan fingerprint density at radius 3 is 2.61 bits per heavy atom. The summed E-state index contributed by atoms with van der Waals surface area (Å²) < 4.78 is 11.8. The monoisotopic (exact) mass is 511 g/mol. The van der Waals surface area contributed by atoms with Gasteiger partial charge in [0.2, 0.25) is 5.91 Å². The molecule has 2 heterocycles. The Bertz CT molecular complexity index is 1070. The zero-order valence-corrected chi connectivity index (χ0v) is 23.7. The number of rotatable bonds is 8. The molecule has 1 aromatic heterocycles. The Kier molecular flexibility index (Phi) is 14.2. The molecule has 0 aliphatic carbocycles. The summed E-state index contributed by atoms with van der Waals surface area (Å²) in [6.07, 6.45) is 12.1. The van der Waals surface area contributed by atoms with Crippen LogP contribution in [0.4, 0.5) is 5.13 Å². The van der Waals surface area contributed by atoms with Gasteiger partial charge in [0.1, 0.15) is 5.76 Å². The first-order chi connectivity index (χ1) is 17.5. The van der Waals surface area contributed by atoms with Crippen molar-refractivity contribution in [2.45, 2.75) is 66.8 Å². The highest BCUT2D eigenvalue weighted by molar-refractivity contribution is 7.13. The van der Waals surface area contributed by atoms with Gasteiger partial charge in [0.15, 0.2) is 16.6 Å². The first-order valence-electron chi connectivity index (χ1n) is 12.5. The second-order valence-corrected chi connectivity index (χ2v) is 8.42. The number of fused-ring (bicyclic) bond motifs is 1. The molecule has 3 rings (SSSR count). The summed E-state index contributed by atoms with van der Waals surface area (Å²) in [5.41, 5.74) is 4.66. The average molecular weight is 512 g/mol. The highest BCUT2D eigenvalue weighted by Gasteiger charge is 2.35. The number of allylic oxidation sites excluding steroid dienone is 4. The second-order valence-electron chi connectivity index (χ2n) is 7.53. The molecule has 7 heteroatoms. The van der Waals surface area contributed by atoms with E-state index < -0.39 is 5.54 Å². The van der Waals surface area contributed by atoms with E-state index in [4.69, 9.17) is 9.47 Å². The van der Waals surface area contributed by atoms with Gasteiger partial charge in [0.05, 0.1) is 7.11 Å². The smallest absolute Gasteiger partial charge is 0.228 e. The Morgan fingerprint density at radius 2 is 2.00 bits per heavy atom. The molecule has 1 amide bonds. The van der Waals surface area contributed by atoms with E-state index in [1.54, 1.807) is 19.4 Å². The first-order valence-corrected chi connectivity index (χ1v) is 13.4. The fourth-order valence-electron chi connectivity index (χ4n) is 3.65. The van der Waals surface area contributed by atoms with Gasteiger partial charge in [0.25, 0.3) is 0 Å². The van der Waals surface area contributed by atoms with Crippen LogP contribution in [0.2, 0.25) is 0 Å². The van der Waals surface area contributed by atoms with Crippen molar-refractivity contribution in [1.29, 1.82) is 0 Å². The third kappa shape index (κ3) is 8.83. The van der Waals surface area contributed by atoms with E-state index >= 15 is 0 Å². The number of thiazole rings is 1. The number of benzene rings is 1. The van der Waals surface area contributed by atoms with Gasteiger partial charge in [0, 0.05) is 36.2 Å². The van der Waals surface area contributed by atoms with Crippen molar-refractivity contribution in [2.24, 2.45) is 0 Å². The molecule has 1 atom stereocenters. The topological polar surface area (TPSA) is 72.5 Å². The summed E-state index contributed by atoms with van der Waals surface area (Å²) in [7, 11) is 1.63. The third-order valence-corrected chi connectivity index (χ3v) is 5.85. The van der Waals surface area contributed by atoms with E-state index in [1.165, 1.54) is 11.3 Å². The van der Waals surface area contributed by atoms with Crippen LogP contribution in [0, 0.1) is 0 Å². The van der Waals surface area contributed by atoms with Crippen LogP contribution in [-0.2, 0) is 16.8 Å². The predicted octanol–water partition coefficient (Wildman–Crippen LogP) is 7.16. The van der Waals surface area contributed by atoms with E-state index in [-0.39, 0.29) is 12.3 Å². The zero-order chi connectivity index (χ0) is 27.0. The second kappa shape index (κ2) is 16.5. The van der Waals surface area contributed by atoms with Gasteiger partial charge in [-0.3, -0.25) is 4.79 Å². The van der Waals surface area contributed by atoms with E-state index in [1.807, 2.05) is 90.3 Å². The van der Waals surface area contributed by atoms with Crippen molar-refractivity contribution in [3.63, 3.8) is 0 Å². The van der Waals surface area contributed by atoms with Crippen LogP contribution in [0.3, 0.4) is 0 Å². The number of carbonyl (C=O) groups is 1. The van der Waals surface area contributed by atoms with Gasteiger partial charge >= 0.3 is 0 Å². The highest BCUT2D eigenvalue weighted by Crippen LogP contribution is 2.40. The summed E-state index contributed by atoms with van der Waals surface area (Å²) >= 11 is 1.40. The molecule has 0 bridgehead atoms. The van der Waals surface area contributed by atoms with Crippen molar-refractivity contribution in [2.75, 3.05) is 19.0 Å². The Hall–Kier alpha value is -3.12. The molecule has 2 N–H and O–H groups in total. The number of carbonyl (C=O) groups excluding carboxylic acids is 1. The van der Waals surface area contributed by atoms with E-state index in [0.717, 1.165) is 24.1 Å². The van der Waals surface area contributed by atoms with E-state index in [9.17, 15) is 4.79 Å². The zero-order valence-electron chi connectivity index (χ0n) is 22.9. The van der Waals surface area contributed by atoms with Crippen LogP contribution in [0.15, 0.2) is 65.6 Å². The first kappa shape index (κ1) is 30.9. The lowest BCUT2D eigenvalue weighted by Crippen LogP contribution is -2.47. The number of amides is 1. The molecule has 196 valence electrons. The summed E-state index contributed by atoms with van der Waals surface area (Å²) in [6.45, 7) is 14.7. The number of nitrogens with zero attached hydrogens (tertiary/aromatic N) is 1. The average Bonchev–Trinajstić information content (AvgIpc) is 3.40. The predicted molar refractivity (Wildman–Crippen MR) is 152 cm³/mol. The number of aromatic nitrogens is 1. The van der Waals surface area contributed by atoms with Gasteiger partial charge in [-0.15, -0.1) is 17.1 Å². The van der Waals surface area contributed by atoms with Gasteiger partial charge in [-0.1, -0.05) is 39.8 Å². The molecule has 0 saturated carbocycles. The van der Waals surface area contributed by atoms with E-state index in [2.05, 4.69) is 21.3 Å².